The van der Waals surface area contributed by atoms with E-state index in [4.69, 9.17) is 17.0 Å². The molecule has 1 aromatic rings. The minimum Gasteiger partial charge on any atom is -0.376 e. The van der Waals surface area contributed by atoms with Gasteiger partial charge in [0.05, 0.1) is 12.7 Å². The minimum atomic E-state index is 0.480. The van der Waals surface area contributed by atoms with Gasteiger partial charge in [-0.2, -0.15) is 0 Å². The molecule has 1 aromatic heterocycles. The molecule has 16 heavy (non-hydrogen) atoms. The maximum absolute atomic E-state index is 5.79. The highest BCUT2D eigenvalue weighted by Crippen LogP contribution is 2.20. The van der Waals surface area contributed by atoms with Gasteiger partial charge in [-0.05, 0) is 25.1 Å². The van der Waals surface area contributed by atoms with Gasteiger partial charge in [0.2, 0.25) is 5.13 Å². The second-order valence-corrected chi connectivity index (χ2v) is 5.64. The van der Waals surface area contributed by atoms with E-state index in [1.165, 1.54) is 43.4 Å². The Hall–Kier alpha value is -0.460. The summed E-state index contributed by atoms with van der Waals surface area (Å²) in [4.78, 5) is 0. The molecule has 1 aliphatic rings. The summed E-state index contributed by atoms with van der Waals surface area (Å²) >= 11 is 6.40. The highest BCUT2D eigenvalue weighted by Gasteiger charge is 2.12. The summed E-state index contributed by atoms with van der Waals surface area (Å²) in [5, 5.41) is 10.8. The topological polar surface area (TPSA) is 49.9 Å². The number of ether oxygens (including phenoxy) is 1. The van der Waals surface area contributed by atoms with Gasteiger partial charge < -0.3 is 10.1 Å². The molecule has 4 nitrogen and oxygen atoms in total. The molecule has 0 spiro atoms. The van der Waals surface area contributed by atoms with E-state index >= 15 is 0 Å². The molecule has 0 unspecified atom stereocenters. The van der Waals surface area contributed by atoms with Gasteiger partial charge in [0.15, 0.2) is 3.95 Å². The number of nitrogens with zero attached hydrogens (tertiary/aromatic N) is 1. The second-order valence-electron chi connectivity index (χ2n) is 3.98. The van der Waals surface area contributed by atoms with Gasteiger partial charge in [0, 0.05) is 6.54 Å². The quantitative estimate of drug-likeness (QED) is 0.630. The van der Waals surface area contributed by atoms with Gasteiger partial charge in [-0.15, -0.1) is 5.10 Å². The number of nitrogens with one attached hydrogen (secondary N) is 2. The monoisotopic (exact) mass is 259 g/mol. The van der Waals surface area contributed by atoms with Crippen LogP contribution >= 0.6 is 23.6 Å². The summed E-state index contributed by atoms with van der Waals surface area (Å²) in [6.07, 6.45) is 6.93. The number of H-pyrrole nitrogens is 1. The average Bonchev–Trinajstić information content (AvgIpc) is 2.72. The van der Waals surface area contributed by atoms with Gasteiger partial charge in [-0.1, -0.05) is 30.6 Å². The lowest BCUT2D eigenvalue weighted by molar-refractivity contribution is 0.0347. The van der Waals surface area contributed by atoms with Crippen LogP contribution in [-0.2, 0) is 4.74 Å². The molecule has 1 saturated carbocycles. The Balaban J connectivity index is 1.59. The zero-order valence-electron chi connectivity index (χ0n) is 9.20. The largest absolute Gasteiger partial charge is 0.376 e. The third-order valence-electron chi connectivity index (χ3n) is 2.72. The molecule has 1 aliphatic carbocycles. The Kier molecular flexibility index (Phi) is 4.74. The van der Waals surface area contributed by atoms with Crippen molar-refractivity contribution in [2.75, 3.05) is 18.5 Å². The van der Waals surface area contributed by atoms with Crippen LogP contribution in [0.2, 0.25) is 0 Å². The van der Waals surface area contributed by atoms with Gasteiger partial charge in [-0.25, -0.2) is 0 Å². The molecule has 1 heterocycles. The molecular formula is C10H17N3OS2. The molecule has 0 atom stereocenters. The van der Waals surface area contributed by atoms with Crippen LogP contribution in [0.15, 0.2) is 0 Å². The molecule has 1 fully saturated rings. The van der Waals surface area contributed by atoms with Crippen LogP contribution in [0.4, 0.5) is 5.13 Å². The van der Waals surface area contributed by atoms with Crippen LogP contribution in [0.5, 0.6) is 0 Å². The third kappa shape index (κ3) is 3.84. The van der Waals surface area contributed by atoms with E-state index in [0.29, 0.717) is 10.1 Å². The van der Waals surface area contributed by atoms with Crippen molar-refractivity contribution in [3.05, 3.63) is 3.95 Å². The first-order valence-corrected chi connectivity index (χ1v) is 6.98. The average molecular weight is 259 g/mol. The molecular weight excluding hydrogens is 242 g/mol. The van der Waals surface area contributed by atoms with Crippen molar-refractivity contribution in [2.24, 2.45) is 0 Å². The van der Waals surface area contributed by atoms with E-state index in [2.05, 4.69) is 15.5 Å². The minimum absolute atomic E-state index is 0.480. The van der Waals surface area contributed by atoms with E-state index in [0.717, 1.165) is 18.3 Å². The molecule has 2 rings (SSSR count). The molecule has 0 bridgehead atoms. The second kappa shape index (κ2) is 6.32. The number of hydrogen-bond donors (Lipinski definition) is 2. The Morgan fingerprint density at radius 1 is 1.44 bits per heavy atom. The van der Waals surface area contributed by atoms with Crippen LogP contribution in [0.3, 0.4) is 0 Å². The lowest BCUT2D eigenvalue weighted by Gasteiger charge is -2.21. The number of aromatic amines is 1. The Morgan fingerprint density at radius 2 is 2.25 bits per heavy atom. The first-order chi connectivity index (χ1) is 7.84. The van der Waals surface area contributed by atoms with E-state index in [9.17, 15) is 0 Å². The predicted octanol–water partition coefficient (Wildman–Crippen LogP) is 2.96. The number of anilines is 1. The van der Waals surface area contributed by atoms with Crippen molar-refractivity contribution in [2.45, 2.75) is 38.2 Å². The summed E-state index contributed by atoms with van der Waals surface area (Å²) in [6.45, 7) is 1.55. The molecule has 0 saturated heterocycles. The zero-order chi connectivity index (χ0) is 11.2. The molecule has 0 aromatic carbocycles. The fourth-order valence-electron chi connectivity index (χ4n) is 1.92. The van der Waals surface area contributed by atoms with Crippen molar-refractivity contribution < 1.29 is 4.74 Å². The van der Waals surface area contributed by atoms with Crippen molar-refractivity contribution >= 4 is 28.7 Å². The van der Waals surface area contributed by atoms with Gasteiger partial charge in [0.25, 0.3) is 0 Å². The number of hydrogen-bond acceptors (Lipinski definition) is 5. The van der Waals surface area contributed by atoms with Crippen molar-refractivity contribution in [1.82, 2.24) is 10.2 Å². The maximum atomic E-state index is 5.79. The van der Waals surface area contributed by atoms with E-state index in [-0.39, 0.29) is 0 Å². The van der Waals surface area contributed by atoms with Gasteiger partial charge >= 0.3 is 0 Å². The molecule has 6 heteroatoms. The standard InChI is InChI=1S/C10H17N3OS2/c15-10-13-12-9(16-10)11-6-7-14-8-4-2-1-3-5-8/h8H,1-7H2,(H,11,12)(H,13,15). The van der Waals surface area contributed by atoms with Gasteiger partial charge in [0.1, 0.15) is 0 Å². The first kappa shape index (κ1) is 12.0. The molecule has 2 N–H and O–H groups in total. The number of rotatable bonds is 5. The molecule has 90 valence electrons. The first-order valence-electron chi connectivity index (χ1n) is 5.75. The molecule has 0 amide bonds. The van der Waals surface area contributed by atoms with Crippen LogP contribution < -0.4 is 5.32 Å². The van der Waals surface area contributed by atoms with Crippen LogP contribution in [0, 0.1) is 3.95 Å². The predicted molar refractivity (Wildman–Crippen MR) is 68.6 cm³/mol. The van der Waals surface area contributed by atoms with E-state index < -0.39 is 0 Å². The fourth-order valence-corrected chi connectivity index (χ4v) is 2.74. The summed E-state index contributed by atoms with van der Waals surface area (Å²) < 4.78 is 6.49. The summed E-state index contributed by atoms with van der Waals surface area (Å²) in [6, 6.07) is 0. The Bertz CT molecular complexity index is 357. The Morgan fingerprint density at radius 3 is 2.94 bits per heavy atom. The summed E-state index contributed by atoms with van der Waals surface area (Å²) in [5.41, 5.74) is 0. The summed E-state index contributed by atoms with van der Waals surface area (Å²) in [7, 11) is 0. The normalized spacial score (nSPS) is 17.5. The number of aromatic nitrogens is 2. The molecule has 0 radical (unpaired) electrons. The van der Waals surface area contributed by atoms with Crippen LogP contribution in [0.1, 0.15) is 32.1 Å². The SMILES string of the molecule is S=c1[nH]nc(NCCOC2CCCCC2)s1. The zero-order valence-corrected chi connectivity index (χ0v) is 10.8. The highest BCUT2D eigenvalue weighted by atomic mass is 32.1. The third-order valence-corrected chi connectivity index (χ3v) is 3.77. The van der Waals surface area contributed by atoms with Crippen LogP contribution in [0.25, 0.3) is 0 Å². The highest BCUT2D eigenvalue weighted by molar-refractivity contribution is 7.73. The maximum Gasteiger partial charge on any atom is 0.204 e. The summed E-state index contributed by atoms with van der Waals surface area (Å²) in [5.74, 6) is 0. The van der Waals surface area contributed by atoms with Crippen molar-refractivity contribution in [3.63, 3.8) is 0 Å². The lowest BCUT2D eigenvalue weighted by atomic mass is 9.98. The smallest absolute Gasteiger partial charge is 0.204 e. The van der Waals surface area contributed by atoms with E-state index in [1.54, 1.807) is 0 Å². The molecule has 0 aliphatic heterocycles. The van der Waals surface area contributed by atoms with Crippen LogP contribution in [-0.4, -0.2) is 29.5 Å². The fraction of sp³-hybridized carbons (Fsp3) is 0.800. The van der Waals surface area contributed by atoms with Gasteiger partial charge in [-0.3, -0.25) is 5.10 Å². The lowest BCUT2D eigenvalue weighted by Crippen LogP contribution is -2.20. The van der Waals surface area contributed by atoms with Crippen molar-refractivity contribution in [3.8, 4) is 0 Å². The Labute approximate surface area is 104 Å². The van der Waals surface area contributed by atoms with E-state index in [1.807, 2.05) is 0 Å². The van der Waals surface area contributed by atoms with Crippen molar-refractivity contribution in [1.29, 1.82) is 0 Å².